The molecule has 0 bridgehead atoms. The van der Waals surface area contributed by atoms with Crippen molar-refractivity contribution in [3.05, 3.63) is 23.9 Å². The Bertz CT molecular complexity index is 556. The number of likely N-dealkylation sites (N-methyl/N-ethyl adjacent to an activating group) is 1. The first-order valence-electron chi connectivity index (χ1n) is 8.39. The summed E-state index contributed by atoms with van der Waals surface area (Å²) in [5, 5.41) is 0. The highest BCUT2D eigenvalue weighted by Crippen LogP contribution is 2.40. The maximum Gasteiger partial charge on any atom is 0.254 e. The molecule has 3 heterocycles. The average molecular weight is 300 g/mol. The van der Waals surface area contributed by atoms with Crippen LogP contribution in [0.5, 0.6) is 0 Å². The number of fused-ring (bicyclic) bond motifs is 1. The van der Waals surface area contributed by atoms with Gasteiger partial charge in [0.15, 0.2) is 0 Å². The number of hydrogen-bond donors (Lipinski definition) is 0. The maximum atomic E-state index is 12.7. The molecule has 3 aliphatic rings. The summed E-state index contributed by atoms with van der Waals surface area (Å²) in [7, 11) is 2.15. The van der Waals surface area contributed by atoms with E-state index in [-0.39, 0.29) is 5.91 Å². The van der Waals surface area contributed by atoms with E-state index in [1.165, 1.54) is 12.8 Å². The molecule has 2 aliphatic heterocycles. The Balaban J connectivity index is 1.48. The third-order valence-electron chi connectivity index (χ3n) is 5.59. The highest BCUT2D eigenvalue weighted by Gasteiger charge is 2.41. The molecule has 0 N–H and O–H groups in total. The predicted octanol–water partition coefficient (Wildman–Crippen LogP) is 1.32. The van der Waals surface area contributed by atoms with Crippen LogP contribution in [0, 0.1) is 11.8 Å². The summed E-state index contributed by atoms with van der Waals surface area (Å²) in [6.07, 6.45) is 4.39. The third-order valence-corrected chi connectivity index (χ3v) is 5.59. The lowest BCUT2D eigenvalue weighted by Crippen LogP contribution is -2.44. The van der Waals surface area contributed by atoms with Crippen LogP contribution in [0.1, 0.15) is 23.2 Å². The van der Waals surface area contributed by atoms with Crippen molar-refractivity contribution in [2.45, 2.75) is 12.8 Å². The summed E-state index contributed by atoms with van der Waals surface area (Å²) in [6, 6.07) is 3.84. The van der Waals surface area contributed by atoms with Gasteiger partial charge in [0.2, 0.25) is 0 Å². The Morgan fingerprint density at radius 1 is 1.14 bits per heavy atom. The Labute approximate surface area is 131 Å². The number of amides is 1. The van der Waals surface area contributed by atoms with Gasteiger partial charge in [-0.25, -0.2) is 4.98 Å². The van der Waals surface area contributed by atoms with Gasteiger partial charge in [-0.1, -0.05) is 0 Å². The van der Waals surface area contributed by atoms with Crippen molar-refractivity contribution in [3.63, 3.8) is 0 Å². The van der Waals surface area contributed by atoms with Crippen LogP contribution < -0.4 is 4.90 Å². The van der Waals surface area contributed by atoms with E-state index < -0.39 is 0 Å². The fraction of sp³-hybridized carbons (Fsp3) is 0.647. The molecular formula is C17H24N4O. The number of piperazine rings is 1. The quantitative estimate of drug-likeness (QED) is 0.826. The van der Waals surface area contributed by atoms with Crippen molar-refractivity contribution in [3.8, 4) is 0 Å². The van der Waals surface area contributed by atoms with Gasteiger partial charge in [-0.05, 0) is 43.9 Å². The summed E-state index contributed by atoms with van der Waals surface area (Å²) in [4.78, 5) is 23.9. The Morgan fingerprint density at radius 3 is 2.45 bits per heavy atom. The number of rotatable bonds is 2. The molecule has 0 aromatic carbocycles. The molecule has 1 aromatic heterocycles. The first-order chi connectivity index (χ1) is 10.7. The van der Waals surface area contributed by atoms with Crippen molar-refractivity contribution in [2.24, 2.45) is 11.8 Å². The zero-order valence-corrected chi connectivity index (χ0v) is 13.2. The first-order valence-corrected chi connectivity index (χ1v) is 8.39. The minimum absolute atomic E-state index is 0.187. The largest absolute Gasteiger partial charge is 0.354 e. The van der Waals surface area contributed by atoms with Crippen molar-refractivity contribution in [1.29, 1.82) is 0 Å². The van der Waals surface area contributed by atoms with Gasteiger partial charge in [-0.15, -0.1) is 0 Å². The van der Waals surface area contributed by atoms with Crippen molar-refractivity contribution < 1.29 is 4.79 Å². The van der Waals surface area contributed by atoms with Gasteiger partial charge in [0, 0.05) is 51.0 Å². The van der Waals surface area contributed by atoms with Crippen molar-refractivity contribution in [2.75, 3.05) is 51.2 Å². The molecule has 1 aliphatic carbocycles. The lowest BCUT2D eigenvalue weighted by Gasteiger charge is -2.33. The Hall–Kier alpha value is -1.62. The molecule has 3 fully saturated rings. The number of nitrogens with zero attached hydrogens (tertiary/aromatic N) is 4. The summed E-state index contributed by atoms with van der Waals surface area (Å²) >= 11 is 0. The number of likely N-dealkylation sites (tertiary alicyclic amines) is 1. The minimum atomic E-state index is 0.187. The molecule has 0 spiro atoms. The topological polar surface area (TPSA) is 39.7 Å². The van der Waals surface area contributed by atoms with Gasteiger partial charge < -0.3 is 14.7 Å². The van der Waals surface area contributed by atoms with E-state index in [1.54, 1.807) is 6.20 Å². The van der Waals surface area contributed by atoms with Crippen LogP contribution in [0.2, 0.25) is 0 Å². The second kappa shape index (κ2) is 5.54. The van der Waals surface area contributed by atoms with E-state index in [4.69, 9.17) is 0 Å². The number of carbonyl (C=O) groups excluding carboxylic acids is 1. The lowest BCUT2D eigenvalue weighted by molar-refractivity contribution is 0.0787. The molecule has 2 atom stereocenters. The molecule has 5 nitrogen and oxygen atoms in total. The molecule has 0 radical (unpaired) electrons. The molecule has 1 amide bonds. The highest BCUT2D eigenvalue weighted by atomic mass is 16.2. The van der Waals surface area contributed by atoms with Gasteiger partial charge in [0.1, 0.15) is 5.82 Å². The fourth-order valence-corrected chi connectivity index (χ4v) is 3.87. The molecule has 4 rings (SSSR count). The van der Waals surface area contributed by atoms with E-state index in [0.717, 1.165) is 62.5 Å². The van der Waals surface area contributed by atoms with Crippen LogP contribution in [0.4, 0.5) is 5.82 Å². The fourth-order valence-electron chi connectivity index (χ4n) is 3.87. The van der Waals surface area contributed by atoms with Crippen LogP contribution in [-0.4, -0.2) is 67.0 Å². The summed E-state index contributed by atoms with van der Waals surface area (Å²) in [5.74, 6) is 2.67. The third kappa shape index (κ3) is 2.47. The molecule has 0 unspecified atom stereocenters. The van der Waals surface area contributed by atoms with Gasteiger partial charge in [0.25, 0.3) is 5.91 Å². The van der Waals surface area contributed by atoms with Crippen molar-refractivity contribution in [1.82, 2.24) is 14.8 Å². The Morgan fingerprint density at radius 2 is 1.82 bits per heavy atom. The van der Waals surface area contributed by atoms with Crippen LogP contribution in [-0.2, 0) is 0 Å². The maximum absolute atomic E-state index is 12.7. The van der Waals surface area contributed by atoms with Crippen LogP contribution >= 0.6 is 0 Å². The van der Waals surface area contributed by atoms with E-state index >= 15 is 0 Å². The molecule has 2 saturated heterocycles. The van der Waals surface area contributed by atoms with Gasteiger partial charge >= 0.3 is 0 Å². The number of aromatic nitrogens is 1. The molecule has 22 heavy (non-hydrogen) atoms. The standard InChI is InChI=1S/C17H24N4O/c1-19-6-8-20(9-7-19)16-10-13(4-5-18-16)17(22)21-11-14-2-3-15(14)12-21/h4-5,10,14-15H,2-3,6-9,11-12H2,1H3/t14-,15+. The Kier molecular flexibility index (Phi) is 3.53. The van der Waals surface area contributed by atoms with Crippen LogP contribution in [0.25, 0.3) is 0 Å². The second-order valence-corrected chi connectivity index (χ2v) is 7.00. The second-order valence-electron chi connectivity index (χ2n) is 7.00. The number of pyridine rings is 1. The van der Waals surface area contributed by atoms with E-state index in [9.17, 15) is 4.79 Å². The summed E-state index contributed by atoms with van der Waals surface area (Å²) in [5.41, 5.74) is 0.797. The smallest absolute Gasteiger partial charge is 0.254 e. The van der Waals surface area contributed by atoms with Gasteiger partial charge in [-0.2, -0.15) is 0 Å². The summed E-state index contributed by atoms with van der Waals surface area (Å²) in [6.45, 7) is 5.97. The van der Waals surface area contributed by atoms with E-state index in [1.807, 2.05) is 17.0 Å². The molecule has 1 aromatic rings. The predicted molar refractivity (Wildman–Crippen MR) is 86.1 cm³/mol. The monoisotopic (exact) mass is 300 g/mol. The first kappa shape index (κ1) is 14.0. The zero-order chi connectivity index (χ0) is 15.1. The SMILES string of the molecule is CN1CCN(c2cc(C(=O)N3C[C@H]4CC[C@H]4C3)ccn2)CC1. The average Bonchev–Trinajstić information content (AvgIpc) is 2.83. The molecule has 1 saturated carbocycles. The van der Waals surface area contributed by atoms with Crippen LogP contribution in [0.15, 0.2) is 18.3 Å². The van der Waals surface area contributed by atoms with E-state index in [0.29, 0.717) is 0 Å². The normalized spacial score (nSPS) is 28.4. The van der Waals surface area contributed by atoms with Gasteiger partial charge in [-0.3, -0.25) is 4.79 Å². The lowest BCUT2D eigenvalue weighted by atomic mass is 9.77. The summed E-state index contributed by atoms with van der Waals surface area (Å²) < 4.78 is 0. The molecular weight excluding hydrogens is 276 g/mol. The molecule has 118 valence electrons. The number of carbonyl (C=O) groups is 1. The zero-order valence-electron chi connectivity index (χ0n) is 13.2. The van der Waals surface area contributed by atoms with Crippen molar-refractivity contribution >= 4 is 11.7 Å². The van der Waals surface area contributed by atoms with Crippen LogP contribution in [0.3, 0.4) is 0 Å². The van der Waals surface area contributed by atoms with Gasteiger partial charge in [0.05, 0.1) is 0 Å². The highest BCUT2D eigenvalue weighted by molar-refractivity contribution is 5.95. The number of anilines is 1. The minimum Gasteiger partial charge on any atom is -0.354 e. The number of hydrogen-bond acceptors (Lipinski definition) is 4. The molecule has 5 heteroatoms. The van der Waals surface area contributed by atoms with E-state index in [2.05, 4.69) is 21.8 Å².